The van der Waals surface area contributed by atoms with Crippen LogP contribution in [0.5, 0.6) is 0 Å². The average Bonchev–Trinajstić information content (AvgIpc) is 2.83. The van der Waals surface area contributed by atoms with Crippen molar-refractivity contribution < 1.29 is 32.9 Å². The van der Waals surface area contributed by atoms with Crippen molar-refractivity contribution in [3.63, 3.8) is 0 Å². The van der Waals surface area contributed by atoms with E-state index in [1.54, 1.807) is 6.08 Å². The first-order valence-electron chi connectivity index (χ1n) is 14.4. The number of aliphatic hydroxyl groups excluding tert-OH is 1. The fraction of sp³-hybridized carbons (Fsp3) is 0.759. The molecule has 0 saturated heterocycles. The molecule has 1 amide bonds. The molecule has 0 saturated carbocycles. The second-order valence-corrected chi connectivity index (χ2v) is 12.1. The van der Waals surface area contributed by atoms with Crippen molar-refractivity contribution in [3.8, 4) is 0 Å². The van der Waals surface area contributed by atoms with Crippen LogP contribution in [-0.2, 0) is 18.4 Å². The Balaban J connectivity index is 4.65. The van der Waals surface area contributed by atoms with Gasteiger partial charge in [0.25, 0.3) is 7.82 Å². The number of aliphatic hydroxyl groups is 1. The topological polar surface area (TPSA) is 108 Å². The van der Waals surface area contributed by atoms with E-state index in [1.807, 2.05) is 27.2 Å². The number of quaternary nitrogens is 1. The quantitative estimate of drug-likeness (QED) is 0.0708. The van der Waals surface area contributed by atoms with Crippen LogP contribution in [0.25, 0.3) is 0 Å². The Morgan fingerprint density at radius 2 is 1.45 bits per heavy atom. The third-order valence-corrected chi connectivity index (χ3v) is 6.79. The zero-order chi connectivity index (χ0) is 28.7. The van der Waals surface area contributed by atoms with Gasteiger partial charge in [-0.1, -0.05) is 76.0 Å². The van der Waals surface area contributed by atoms with E-state index >= 15 is 0 Å². The molecule has 3 atom stereocenters. The number of nitrogens with zero attached hydrogens (tertiary/aromatic N) is 1. The van der Waals surface area contributed by atoms with Crippen LogP contribution in [0, 0.1) is 0 Å². The fourth-order valence-corrected chi connectivity index (χ4v) is 4.14. The van der Waals surface area contributed by atoms with Crippen LogP contribution in [0.1, 0.15) is 90.9 Å². The van der Waals surface area contributed by atoms with Crippen molar-refractivity contribution >= 4 is 13.7 Å². The van der Waals surface area contributed by atoms with Gasteiger partial charge in [-0.3, -0.25) is 9.36 Å². The highest BCUT2D eigenvalue weighted by atomic mass is 31.2. The van der Waals surface area contributed by atoms with Gasteiger partial charge in [-0.05, 0) is 44.9 Å². The normalized spacial score (nSPS) is 15.9. The van der Waals surface area contributed by atoms with Crippen molar-refractivity contribution in [3.05, 3.63) is 36.5 Å². The van der Waals surface area contributed by atoms with Crippen LogP contribution in [0.3, 0.4) is 0 Å². The number of likely N-dealkylation sites (N-methyl/N-ethyl adjacent to an activating group) is 1. The molecule has 9 heteroatoms. The second kappa shape index (κ2) is 22.5. The third kappa shape index (κ3) is 23.8. The van der Waals surface area contributed by atoms with Gasteiger partial charge in [0.1, 0.15) is 13.2 Å². The number of rotatable bonds is 24. The van der Waals surface area contributed by atoms with Gasteiger partial charge in [-0.15, -0.1) is 0 Å². The van der Waals surface area contributed by atoms with Gasteiger partial charge in [0.05, 0.1) is 39.9 Å². The Morgan fingerprint density at radius 1 is 0.895 bits per heavy atom. The molecule has 8 nitrogen and oxygen atoms in total. The highest BCUT2D eigenvalue weighted by Crippen LogP contribution is 2.38. The molecule has 0 heterocycles. The van der Waals surface area contributed by atoms with Gasteiger partial charge >= 0.3 is 0 Å². The third-order valence-electron chi connectivity index (χ3n) is 5.83. The number of carbonyl (C=O) groups excluding carboxylic acids is 1. The van der Waals surface area contributed by atoms with Crippen molar-refractivity contribution in [2.45, 2.75) is 103 Å². The van der Waals surface area contributed by atoms with E-state index < -0.39 is 26.6 Å². The first-order chi connectivity index (χ1) is 18.0. The molecular formula is C29H55N2O6P. The van der Waals surface area contributed by atoms with Gasteiger partial charge in [0.15, 0.2) is 0 Å². The van der Waals surface area contributed by atoms with Crippen molar-refractivity contribution in [1.29, 1.82) is 0 Å². The highest BCUT2D eigenvalue weighted by molar-refractivity contribution is 7.45. The van der Waals surface area contributed by atoms with Crippen LogP contribution >= 0.6 is 7.82 Å². The number of hydrogen-bond donors (Lipinski definition) is 2. The number of unbranched alkanes of at least 4 members (excludes halogenated alkanes) is 7. The summed E-state index contributed by atoms with van der Waals surface area (Å²) in [5.74, 6) is -0.242. The molecule has 0 bridgehead atoms. The predicted octanol–water partition coefficient (Wildman–Crippen LogP) is 5.43. The summed E-state index contributed by atoms with van der Waals surface area (Å²) in [4.78, 5) is 24.5. The summed E-state index contributed by atoms with van der Waals surface area (Å²) in [5, 5.41) is 13.4. The summed E-state index contributed by atoms with van der Waals surface area (Å²) in [7, 11) is 1.22. The van der Waals surface area contributed by atoms with Gasteiger partial charge in [-0.2, -0.15) is 0 Å². The average molecular weight is 559 g/mol. The van der Waals surface area contributed by atoms with Gasteiger partial charge in [0, 0.05) is 6.42 Å². The summed E-state index contributed by atoms with van der Waals surface area (Å²) in [6.07, 6.45) is 22.7. The number of phosphoric acid groups is 1. The second-order valence-electron chi connectivity index (χ2n) is 10.7. The number of allylic oxidation sites excluding steroid dienone is 5. The lowest BCUT2D eigenvalue weighted by Crippen LogP contribution is -2.45. The van der Waals surface area contributed by atoms with E-state index in [4.69, 9.17) is 9.05 Å². The van der Waals surface area contributed by atoms with Crippen LogP contribution in [0.4, 0.5) is 0 Å². The van der Waals surface area contributed by atoms with Crippen LogP contribution < -0.4 is 10.2 Å². The van der Waals surface area contributed by atoms with Crippen molar-refractivity contribution in [2.24, 2.45) is 0 Å². The Bertz CT molecular complexity index is 733. The number of amides is 1. The lowest BCUT2D eigenvalue weighted by atomic mass is 10.1. The smallest absolute Gasteiger partial charge is 0.268 e. The van der Waals surface area contributed by atoms with Crippen molar-refractivity contribution in [2.75, 3.05) is 40.9 Å². The molecule has 0 aromatic carbocycles. The highest BCUT2D eigenvalue weighted by Gasteiger charge is 2.23. The molecule has 0 radical (unpaired) electrons. The molecule has 3 unspecified atom stereocenters. The van der Waals surface area contributed by atoms with Crippen LogP contribution in [0.15, 0.2) is 36.5 Å². The molecule has 0 aliphatic rings. The maximum absolute atomic E-state index is 12.3. The lowest BCUT2D eigenvalue weighted by molar-refractivity contribution is -0.870. The van der Waals surface area contributed by atoms with E-state index in [0.29, 0.717) is 17.4 Å². The number of nitrogens with one attached hydrogen (secondary N) is 1. The summed E-state index contributed by atoms with van der Waals surface area (Å²) >= 11 is 0. The molecule has 0 aromatic rings. The van der Waals surface area contributed by atoms with Gasteiger partial charge in [-0.25, -0.2) is 0 Å². The monoisotopic (exact) mass is 558 g/mol. The van der Waals surface area contributed by atoms with Gasteiger partial charge in [0.2, 0.25) is 5.91 Å². The molecular weight excluding hydrogens is 503 g/mol. The van der Waals surface area contributed by atoms with Crippen LogP contribution in [-0.4, -0.2) is 68.5 Å². The number of hydrogen-bond acceptors (Lipinski definition) is 6. The van der Waals surface area contributed by atoms with E-state index in [0.717, 1.165) is 51.4 Å². The zero-order valence-electron chi connectivity index (χ0n) is 24.6. The molecule has 38 heavy (non-hydrogen) atoms. The van der Waals surface area contributed by atoms with Crippen LogP contribution in [0.2, 0.25) is 0 Å². The molecule has 0 aliphatic heterocycles. The first-order valence-corrected chi connectivity index (χ1v) is 15.8. The number of phosphoric ester groups is 1. The largest absolute Gasteiger partial charge is 0.756 e. The SMILES string of the molecule is CCCCC/C=C/CC/C=C/CC/C=C/C(O)C(COP(=O)([O-])OCC[N+](C)(C)C)NC(=O)CCCCC. The summed E-state index contributed by atoms with van der Waals surface area (Å²) in [6, 6.07) is -0.899. The molecule has 0 fully saturated rings. The fourth-order valence-electron chi connectivity index (χ4n) is 3.41. The summed E-state index contributed by atoms with van der Waals surface area (Å²) in [6.45, 7) is 4.34. The molecule has 222 valence electrons. The molecule has 0 spiro atoms. The lowest BCUT2D eigenvalue weighted by Gasteiger charge is -2.29. The Kier molecular flexibility index (Phi) is 21.8. The molecule has 2 N–H and O–H groups in total. The Morgan fingerprint density at radius 3 is 2.03 bits per heavy atom. The zero-order valence-corrected chi connectivity index (χ0v) is 25.5. The maximum Gasteiger partial charge on any atom is 0.268 e. The van der Waals surface area contributed by atoms with E-state index in [9.17, 15) is 19.4 Å². The first kappa shape index (κ1) is 36.7. The summed E-state index contributed by atoms with van der Waals surface area (Å²) < 4.78 is 22.7. The minimum Gasteiger partial charge on any atom is -0.756 e. The summed E-state index contributed by atoms with van der Waals surface area (Å²) in [5.41, 5.74) is 0. The van der Waals surface area contributed by atoms with E-state index in [1.165, 1.54) is 19.3 Å². The Hall–Kier alpha value is -1.28. The van der Waals surface area contributed by atoms with Gasteiger partial charge < -0.3 is 28.8 Å². The Labute approximate surface area is 232 Å². The molecule has 0 aromatic heterocycles. The maximum atomic E-state index is 12.3. The molecule has 0 rings (SSSR count). The minimum atomic E-state index is -4.56. The van der Waals surface area contributed by atoms with Crippen molar-refractivity contribution in [1.82, 2.24) is 5.32 Å². The molecule has 0 aliphatic carbocycles. The van der Waals surface area contributed by atoms with E-state index in [-0.39, 0.29) is 12.5 Å². The standard InChI is InChI=1S/C29H55N2O6P/c1-6-8-10-11-12-13-14-15-16-17-18-19-21-22-28(32)27(30-29(33)23-20-9-7-2)26-37-38(34,35)36-25-24-31(3,4)5/h12-13,16-17,21-22,27-28,32H,6-11,14-15,18-20,23-26H2,1-5H3,(H-,30,33,34,35)/b13-12+,17-16+,22-21+. The predicted molar refractivity (Wildman–Crippen MR) is 155 cm³/mol. The minimum absolute atomic E-state index is 0.0104. The number of carbonyl (C=O) groups is 1. The van der Waals surface area contributed by atoms with E-state index in [2.05, 4.69) is 43.5 Å².